The molecule has 1 N–H and O–H groups in total. The first-order valence-corrected chi connectivity index (χ1v) is 6.16. The number of nitrogens with zero attached hydrogens (tertiary/aromatic N) is 3. The lowest BCUT2D eigenvalue weighted by Gasteiger charge is -2.13. The molecule has 100 valence electrons. The van der Waals surface area contributed by atoms with Gasteiger partial charge in [-0.1, -0.05) is 18.2 Å². The lowest BCUT2D eigenvalue weighted by atomic mass is 10.00. The maximum atomic E-state index is 10.5. The molecule has 0 aliphatic heterocycles. The van der Waals surface area contributed by atoms with Gasteiger partial charge in [-0.15, -0.1) is 0 Å². The molecule has 0 fully saturated rings. The Kier molecular flexibility index (Phi) is 3.26. The molecular weight excluding hydrogens is 254 g/mol. The van der Waals surface area contributed by atoms with E-state index in [0.29, 0.717) is 11.6 Å². The van der Waals surface area contributed by atoms with Gasteiger partial charge in [-0.25, -0.2) is 9.97 Å². The first-order chi connectivity index (χ1) is 9.79. The van der Waals surface area contributed by atoms with Gasteiger partial charge in [-0.05, 0) is 17.0 Å². The van der Waals surface area contributed by atoms with Gasteiger partial charge < -0.3 is 9.84 Å². The standard InChI is InChI=1S/C15H13N3O2/c1-20-14-7-13(17-9-18-14)15(19)11-4-2-3-10-5-6-16-8-12(10)11/h2-9,15,19H,1H3. The molecule has 3 rings (SSSR count). The van der Waals surface area contributed by atoms with Crippen molar-refractivity contribution in [3.63, 3.8) is 0 Å². The smallest absolute Gasteiger partial charge is 0.216 e. The maximum absolute atomic E-state index is 10.5. The van der Waals surface area contributed by atoms with E-state index >= 15 is 0 Å². The second kappa shape index (κ2) is 5.22. The van der Waals surface area contributed by atoms with Gasteiger partial charge in [0.1, 0.15) is 12.4 Å². The van der Waals surface area contributed by atoms with Crippen LogP contribution in [0.15, 0.2) is 49.1 Å². The van der Waals surface area contributed by atoms with Gasteiger partial charge in [0.25, 0.3) is 0 Å². The Hall–Kier alpha value is -2.53. The summed E-state index contributed by atoms with van der Waals surface area (Å²) in [6, 6.07) is 9.28. The third kappa shape index (κ3) is 2.19. The summed E-state index contributed by atoms with van der Waals surface area (Å²) in [5, 5.41) is 12.5. The molecule has 2 heterocycles. The summed E-state index contributed by atoms with van der Waals surface area (Å²) in [5.41, 5.74) is 1.25. The average Bonchev–Trinajstić information content (AvgIpc) is 2.53. The van der Waals surface area contributed by atoms with Crippen LogP contribution in [-0.4, -0.2) is 27.2 Å². The predicted molar refractivity (Wildman–Crippen MR) is 74.4 cm³/mol. The van der Waals surface area contributed by atoms with Gasteiger partial charge in [-0.3, -0.25) is 4.98 Å². The van der Waals surface area contributed by atoms with Gasteiger partial charge in [0.15, 0.2) is 0 Å². The fourth-order valence-corrected chi connectivity index (χ4v) is 2.15. The number of pyridine rings is 1. The molecule has 1 aromatic carbocycles. The number of hydrogen-bond donors (Lipinski definition) is 1. The van der Waals surface area contributed by atoms with Crippen LogP contribution in [-0.2, 0) is 0 Å². The molecule has 1 unspecified atom stereocenters. The first-order valence-electron chi connectivity index (χ1n) is 6.16. The summed E-state index contributed by atoms with van der Waals surface area (Å²) in [6.07, 6.45) is 4.00. The van der Waals surface area contributed by atoms with E-state index in [0.717, 1.165) is 16.3 Å². The molecule has 1 atom stereocenters. The molecule has 3 aromatic rings. The van der Waals surface area contributed by atoms with Crippen LogP contribution in [0.4, 0.5) is 0 Å². The van der Waals surface area contributed by atoms with E-state index < -0.39 is 6.10 Å². The summed E-state index contributed by atoms with van der Waals surface area (Å²) in [6.45, 7) is 0. The number of benzene rings is 1. The Labute approximate surface area is 115 Å². The zero-order valence-corrected chi connectivity index (χ0v) is 10.9. The highest BCUT2D eigenvalue weighted by molar-refractivity contribution is 5.85. The van der Waals surface area contributed by atoms with Crippen LogP contribution in [0.5, 0.6) is 5.88 Å². The number of aliphatic hydroxyl groups is 1. The van der Waals surface area contributed by atoms with Crippen LogP contribution in [0.1, 0.15) is 17.4 Å². The molecule has 0 radical (unpaired) electrons. The minimum absolute atomic E-state index is 0.424. The molecule has 0 saturated carbocycles. The van der Waals surface area contributed by atoms with Crippen molar-refractivity contribution >= 4 is 10.8 Å². The van der Waals surface area contributed by atoms with Crippen LogP contribution in [0.2, 0.25) is 0 Å². The van der Waals surface area contributed by atoms with Gasteiger partial charge in [-0.2, -0.15) is 0 Å². The summed E-state index contributed by atoms with van der Waals surface area (Å²) >= 11 is 0. The molecule has 0 aliphatic carbocycles. The summed E-state index contributed by atoms with van der Waals surface area (Å²) in [5.74, 6) is 0.424. The largest absolute Gasteiger partial charge is 0.481 e. The highest BCUT2D eigenvalue weighted by Crippen LogP contribution is 2.28. The normalized spacial score (nSPS) is 12.3. The third-order valence-corrected chi connectivity index (χ3v) is 3.16. The Morgan fingerprint density at radius 3 is 2.95 bits per heavy atom. The maximum Gasteiger partial charge on any atom is 0.216 e. The lowest BCUT2D eigenvalue weighted by molar-refractivity contribution is 0.215. The van der Waals surface area contributed by atoms with E-state index in [-0.39, 0.29) is 0 Å². The van der Waals surface area contributed by atoms with Crippen LogP contribution in [0.25, 0.3) is 10.8 Å². The van der Waals surface area contributed by atoms with E-state index in [4.69, 9.17) is 4.74 Å². The van der Waals surface area contributed by atoms with E-state index in [1.807, 2.05) is 24.3 Å². The number of fused-ring (bicyclic) bond motifs is 1. The molecule has 0 aliphatic rings. The van der Waals surface area contributed by atoms with Crippen molar-refractivity contribution in [3.8, 4) is 5.88 Å². The van der Waals surface area contributed by atoms with E-state index in [9.17, 15) is 5.11 Å². The SMILES string of the molecule is COc1cc(C(O)c2cccc3ccncc23)ncn1. The van der Waals surface area contributed by atoms with Crippen molar-refractivity contribution in [2.45, 2.75) is 6.10 Å². The quantitative estimate of drug-likeness (QED) is 0.787. The first kappa shape index (κ1) is 12.5. The van der Waals surface area contributed by atoms with Crippen LogP contribution in [0, 0.1) is 0 Å². The highest BCUT2D eigenvalue weighted by Gasteiger charge is 2.15. The molecule has 0 amide bonds. The van der Waals surface area contributed by atoms with E-state index in [2.05, 4.69) is 15.0 Å². The van der Waals surface area contributed by atoms with Gasteiger partial charge in [0, 0.05) is 23.8 Å². The van der Waals surface area contributed by atoms with Gasteiger partial charge in [0.2, 0.25) is 5.88 Å². The Morgan fingerprint density at radius 1 is 1.20 bits per heavy atom. The van der Waals surface area contributed by atoms with Crippen LogP contribution in [0.3, 0.4) is 0 Å². The Morgan fingerprint density at radius 2 is 2.10 bits per heavy atom. The van der Waals surface area contributed by atoms with Crippen molar-refractivity contribution in [1.82, 2.24) is 15.0 Å². The third-order valence-electron chi connectivity index (χ3n) is 3.16. The van der Waals surface area contributed by atoms with Crippen molar-refractivity contribution in [3.05, 3.63) is 60.3 Å². The van der Waals surface area contributed by atoms with Gasteiger partial charge in [0.05, 0.1) is 12.8 Å². The molecule has 5 nitrogen and oxygen atoms in total. The van der Waals surface area contributed by atoms with Crippen molar-refractivity contribution < 1.29 is 9.84 Å². The number of aromatic nitrogens is 3. The minimum atomic E-state index is -0.847. The zero-order valence-electron chi connectivity index (χ0n) is 10.9. The number of methoxy groups -OCH3 is 1. The number of ether oxygens (including phenoxy) is 1. The van der Waals surface area contributed by atoms with Crippen LogP contribution < -0.4 is 4.74 Å². The molecular formula is C15H13N3O2. The highest BCUT2D eigenvalue weighted by atomic mass is 16.5. The van der Waals surface area contributed by atoms with Crippen molar-refractivity contribution in [2.75, 3.05) is 7.11 Å². The monoisotopic (exact) mass is 267 g/mol. The molecule has 5 heteroatoms. The summed E-state index contributed by atoms with van der Waals surface area (Å²) in [4.78, 5) is 12.2. The molecule has 0 bridgehead atoms. The summed E-state index contributed by atoms with van der Waals surface area (Å²) < 4.78 is 5.05. The van der Waals surface area contributed by atoms with E-state index in [1.54, 1.807) is 18.5 Å². The topological polar surface area (TPSA) is 68.1 Å². The van der Waals surface area contributed by atoms with Crippen LogP contribution >= 0.6 is 0 Å². The Bertz CT molecular complexity index is 741. The zero-order chi connectivity index (χ0) is 13.9. The van der Waals surface area contributed by atoms with E-state index in [1.165, 1.54) is 13.4 Å². The molecule has 2 aromatic heterocycles. The number of aliphatic hydroxyl groups excluding tert-OH is 1. The average molecular weight is 267 g/mol. The Balaban J connectivity index is 2.10. The fraction of sp³-hybridized carbons (Fsp3) is 0.133. The predicted octanol–water partition coefficient (Wildman–Crippen LogP) is 2.12. The lowest BCUT2D eigenvalue weighted by Crippen LogP contribution is -2.04. The second-order valence-electron chi connectivity index (χ2n) is 4.33. The molecule has 20 heavy (non-hydrogen) atoms. The second-order valence-corrected chi connectivity index (χ2v) is 4.33. The van der Waals surface area contributed by atoms with Gasteiger partial charge >= 0.3 is 0 Å². The molecule has 0 saturated heterocycles. The fourth-order valence-electron chi connectivity index (χ4n) is 2.15. The summed E-state index contributed by atoms with van der Waals surface area (Å²) in [7, 11) is 1.53. The minimum Gasteiger partial charge on any atom is -0.481 e. The van der Waals surface area contributed by atoms with Crippen molar-refractivity contribution in [2.24, 2.45) is 0 Å². The number of rotatable bonds is 3. The molecule has 0 spiro atoms. The number of hydrogen-bond acceptors (Lipinski definition) is 5. The van der Waals surface area contributed by atoms with Crippen molar-refractivity contribution in [1.29, 1.82) is 0 Å².